The fraction of sp³-hybridized carbons (Fsp3) is 0.133. The maximum Gasteiger partial charge on any atom is 0.270 e. The summed E-state index contributed by atoms with van der Waals surface area (Å²) in [7, 11) is 0. The average molecular weight is 331 g/mol. The number of thiazole rings is 1. The first kappa shape index (κ1) is 15.0. The molecule has 22 heavy (non-hydrogen) atoms. The molecule has 5 nitrogen and oxygen atoms in total. The van der Waals surface area contributed by atoms with Gasteiger partial charge in [-0.25, -0.2) is 10.1 Å². The van der Waals surface area contributed by atoms with Gasteiger partial charge in [-0.15, -0.1) is 11.3 Å². The molecule has 3 rings (SSSR count). The molecule has 111 valence electrons. The normalized spacial score (nSPS) is 11.0. The van der Waals surface area contributed by atoms with Crippen molar-refractivity contribution in [3.8, 4) is 0 Å². The van der Waals surface area contributed by atoms with Gasteiger partial charge in [0.25, 0.3) is 5.69 Å². The Balaban J connectivity index is 1.81. The fourth-order valence-electron chi connectivity index (χ4n) is 2.05. The molecule has 3 aromatic rings. The summed E-state index contributed by atoms with van der Waals surface area (Å²) in [6.45, 7) is -0.233. The highest BCUT2D eigenvalue weighted by atomic mass is 32.2. The van der Waals surface area contributed by atoms with Crippen LogP contribution in [0.15, 0.2) is 46.8 Å². The van der Waals surface area contributed by atoms with Gasteiger partial charge in [-0.3, -0.25) is 10.1 Å². The van der Waals surface area contributed by atoms with E-state index in [-0.39, 0.29) is 12.3 Å². The number of rotatable bonds is 5. The van der Waals surface area contributed by atoms with Crippen LogP contribution in [-0.2, 0) is 17.5 Å². The monoisotopic (exact) mass is 331 g/mol. The maximum atomic E-state index is 11.1. The van der Waals surface area contributed by atoms with Gasteiger partial charge >= 0.3 is 0 Å². The number of nitrogens with zero attached hydrogens (tertiary/aromatic N) is 2. The number of hydrogen-bond acceptors (Lipinski definition) is 5. The lowest BCUT2D eigenvalue weighted by atomic mass is 10.1. The largest absolute Gasteiger partial charge is 0.270 e. The Morgan fingerprint density at radius 2 is 1.95 bits per heavy atom. The standard InChI is InChI=1S/C15H11N2O3S2/c18-8-10-3-1-2-4-11(10)9-21-15-16-13-6-5-12(17(19)20)7-14(13)22-15/h1-7H,8-9H2. The zero-order valence-corrected chi connectivity index (χ0v) is 13.0. The van der Waals surface area contributed by atoms with Crippen LogP contribution in [0.4, 0.5) is 5.69 Å². The molecule has 0 atom stereocenters. The second-order valence-electron chi connectivity index (χ2n) is 4.59. The average Bonchev–Trinajstić information content (AvgIpc) is 2.95. The van der Waals surface area contributed by atoms with Gasteiger partial charge in [0.2, 0.25) is 0 Å². The minimum absolute atomic E-state index is 0.0735. The fourth-order valence-corrected chi connectivity index (χ4v) is 4.18. The molecule has 0 spiro atoms. The minimum atomic E-state index is -0.406. The van der Waals surface area contributed by atoms with Crippen molar-refractivity contribution in [3.05, 3.63) is 63.7 Å². The summed E-state index contributed by atoms with van der Waals surface area (Å²) >= 11 is 2.97. The van der Waals surface area contributed by atoms with Crippen LogP contribution < -0.4 is 0 Å². The van der Waals surface area contributed by atoms with Crippen molar-refractivity contribution >= 4 is 39.0 Å². The van der Waals surface area contributed by atoms with E-state index in [1.165, 1.54) is 17.4 Å². The lowest BCUT2D eigenvalue weighted by Gasteiger charge is -2.04. The van der Waals surface area contributed by atoms with Crippen molar-refractivity contribution in [1.29, 1.82) is 0 Å². The van der Waals surface area contributed by atoms with Crippen molar-refractivity contribution in [2.45, 2.75) is 16.7 Å². The van der Waals surface area contributed by atoms with Crippen molar-refractivity contribution in [1.82, 2.24) is 4.98 Å². The molecule has 2 aromatic carbocycles. The first-order chi connectivity index (χ1) is 10.7. The number of aromatic nitrogens is 1. The Hall–Kier alpha value is -1.96. The molecule has 7 heteroatoms. The summed E-state index contributed by atoms with van der Waals surface area (Å²) in [5, 5.41) is 21.9. The lowest BCUT2D eigenvalue weighted by Crippen LogP contribution is -1.90. The molecule has 0 saturated carbocycles. The van der Waals surface area contributed by atoms with Crippen molar-refractivity contribution in [3.63, 3.8) is 0 Å². The van der Waals surface area contributed by atoms with Crippen molar-refractivity contribution < 1.29 is 10.0 Å². The zero-order chi connectivity index (χ0) is 15.5. The van der Waals surface area contributed by atoms with E-state index >= 15 is 0 Å². The number of nitro benzene ring substituents is 1. The van der Waals surface area contributed by atoms with Gasteiger partial charge in [0.05, 0.1) is 15.1 Å². The van der Waals surface area contributed by atoms with Crippen LogP contribution in [0, 0.1) is 10.1 Å². The number of nitro groups is 1. The van der Waals surface area contributed by atoms with Crippen molar-refractivity contribution in [2.75, 3.05) is 0 Å². The number of benzene rings is 2. The highest BCUT2D eigenvalue weighted by molar-refractivity contribution is 8.00. The second kappa shape index (κ2) is 6.43. The highest BCUT2D eigenvalue weighted by Crippen LogP contribution is 2.33. The number of fused-ring (bicyclic) bond motifs is 1. The van der Waals surface area contributed by atoms with E-state index in [9.17, 15) is 15.2 Å². The summed E-state index contributed by atoms with van der Waals surface area (Å²) in [4.78, 5) is 14.8. The van der Waals surface area contributed by atoms with E-state index in [0.29, 0.717) is 5.75 Å². The van der Waals surface area contributed by atoms with Gasteiger partial charge in [0.1, 0.15) is 6.61 Å². The Morgan fingerprint density at radius 1 is 1.18 bits per heavy atom. The van der Waals surface area contributed by atoms with Crippen LogP contribution in [-0.4, -0.2) is 9.91 Å². The molecule has 0 N–H and O–H groups in total. The molecule has 0 fully saturated rings. The Morgan fingerprint density at radius 3 is 2.68 bits per heavy atom. The lowest BCUT2D eigenvalue weighted by molar-refractivity contribution is -0.384. The molecule has 0 amide bonds. The molecular weight excluding hydrogens is 320 g/mol. The van der Waals surface area contributed by atoms with Gasteiger partial charge in [0, 0.05) is 17.9 Å². The third-order valence-electron chi connectivity index (χ3n) is 3.19. The van der Waals surface area contributed by atoms with Gasteiger partial charge < -0.3 is 0 Å². The minimum Gasteiger partial charge on any atom is -0.258 e. The summed E-state index contributed by atoms with van der Waals surface area (Å²) in [5.74, 6) is 0.667. The van der Waals surface area contributed by atoms with Gasteiger partial charge in [-0.1, -0.05) is 36.0 Å². The van der Waals surface area contributed by atoms with E-state index in [4.69, 9.17) is 0 Å². The molecule has 0 aliphatic carbocycles. The van der Waals surface area contributed by atoms with Crippen LogP contribution in [0.2, 0.25) is 0 Å². The van der Waals surface area contributed by atoms with Crippen molar-refractivity contribution in [2.24, 2.45) is 0 Å². The Bertz CT molecular complexity index is 833. The second-order valence-corrected chi connectivity index (χ2v) is 6.84. The highest BCUT2D eigenvalue weighted by Gasteiger charge is 2.11. The van der Waals surface area contributed by atoms with Crippen LogP contribution >= 0.6 is 23.1 Å². The van der Waals surface area contributed by atoms with E-state index in [1.807, 2.05) is 24.3 Å². The number of thioether (sulfide) groups is 1. The molecular formula is C15H11N2O3S2. The summed E-state index contributed by atoms with van der Waals surface area (Å²) < 4.78 is 1.64. The van der Waals surface area contributed by atoms with Crippen LogP contribution in [0.1, 0.15) is 11.1 Å². The summed E-state index contributed by atoms with van der Waals surface area (Å²) in [5.41, 5.74) is 2.64. The zero-order valence-electron chi connectivity index (χ0n) is 11.4. The molecule has 1 aromatic heterocycles. The van der Waals surface area contributed by atoms with E-state index < -0.39 is 4.92 Å². The topological polar surface area (TPSA) is 75.9 Å². The van der Waals surface area contributed by atoms with E-state index in [2.05, 4.69) is 4.98 Å². The molecule has 0 unspecified atom stereocenters. The molecule has 1 heterocycles. The molecule has 1 radical (unpaired) electrons. The molecule has 0 aliphatic rings. The summed E-state index contributed by atoms with van der Waals surface area (Å²) in [6, 6.07) is 12.2. The third kappa shape index (κ3) is 3.11. The van der Waals surface area contributed by atoms with Gasteiger partial charge in [0.15, 0.2) is 4.34 Å². The summed E-state index contributed by atoms with van der Waals surface area (Å²) in [6.07, 6.45) is 0. The number of non-ortho nitro benzene ring substituents is 1. The quantitative estimate of drug-likeness (QED) is 0.394. The number of hydrogen-bond donors (Lipinski definition) is 0. The molecule has 0 bridgehead atoms. The van der Waals surface area contributed by atoms with Gasteiger partial charge in [-0.2, -0.15) is 0 Å². The Labute approximate surface area is 134 Å². The third-order valence-corrected chi connectivity index (χ3v) is 5.40. The predicted molar refractivity (Wildman–Crippen MR) is 86.7 cm³/mol. The predicted octanol–water partition coefficient (Wildman–Crippen LogP) is 4.43. The van der Waals surface area contributed by atoms with Crippen LogP contribution in [0.3, 0.4) is 0 Å². The van der Waals surface area contributed by atoms with E-state index in [1.54, 1.807) is 23.9 Å². The molecule has 0 aliphatic heterocycles. The van der Waals surface area contributed by atoms with Gasteiger partial charge in [-0.05, 0) is 17.2 Å². The van der Waals surface area contributed by atoms with Crippen LogP contribution in [0.25, 0.3) is 10.2 Å². The SMILES string of the molecule is [O]Cc1ccccc1CSc1nc2ccc([N+](=O)[O-])cc2s1. The molecule has 0 saturated heterocycles. The Kier molecular flexibility index (Phi) is 4.37. The van der Waals surface area contributed by atoms with E-state index in [0.717, 1.165) is 25.7 Å². The first-order valence-electron chi connectivity index (χ1n) is 6.50. The smallest absolute Gasteiger partial charge is 0.258 e. The maximum absolute atomic E-state index is 11.1. The van der Waals surface area contributed by atoms with Crippen LogP contribution in [0.5, 0.6) is 0 Å². The first-order valence-corrected chi connectivity index (χ1v) is 8.30.